The zero-order valence-corrected chi connectivity index (χ0v) is 14.0. The molecule has 0 saturated carbocycles. The molecule has 1 heterocycles. The van der Waals surface area contributed by atoms with Crippen molar-refractivity contribution in [1.82, 2.24) is 4.98 Å². The van der Waals surface area contributed by atoms with Crippen LogP contribution in [0, 0.1) is 0 Å². The number of fused-ring (bicyclic) bond motifs is 1. The first-order valence-electron chi connectivity index (χ1n) is 6.25. The number of hydrogen-bond acceptors (Lipinski definition) is 1. The predicted octanol–water partition coefficient (Wildman–Crippen LogP) is 4.71. The summed E-state index contributed by atoms with van der Waals surface area (Å²) in [4.78, 5) is 3.40. The highest BCUT2D eigenvalue weighted by Crippen LogP contribution is 2.21. The second-order valence-corrected chi connectivity index (χ2v) is 12.3. The maximum absolute atomic E-state index is 5.97. The van der Waals surface area contributed by atoms with E-state index in [-0.39, 0.29) is 0 Å². The maximum atomic E-state index is 5.97. The molecule has 98 valence electrons. The van der Waals surface area contributed by atoms with Gasteiger partial charge in [-0.15, -0.1) is 0 Å². The van der Waals surface area contributed by atoms with Gasteiger partial charge in [-0.2, -0.15) is 0 Å². The van der Waals surface area contributed by atoms with Gasteiger partial charge < -0.3 is 9.72 Å². The van der Waals surface area contributed by atoms with E-state index < -0.39 is 8.07 Å². The van der Waals surface area contributed by atoms with Crippen molar-refractivity contribution in [3.63, 3.8) is 0 Å². The molecular weight excluding hydrogens is 306 g/mol. The third-order valence-corrected chi connectivity index (χ3v) is 6.45. The summed E-state index contributed by atoms with van der Waals surface area (Å²) in [5.41, 5.74) is 2.67. The van der Waals surface area contributed by atoms with E-state index in [0.717, 1.165) is 15.7 Å². The zero-order chi connectivity index (χ0) is 13.3. The van der Waals surface area contributed by atoms with Gasteiger partial charge in [0, 0.05) is 21.4 Å². The van der Waals surface area contributed by atoms with Crippen molar-refractivity contribution >= 4 is 34.9 Å². The molecule has 0 aliphatic carbocycles. The minimum absolute atomic E-state index is 0.371. The Morgan fingerprint density at radius 1 is 1.28 bits per heavy atom. The fraction of sp³-hybridized carbons (Fsp3) is 0.429. The second-order valence-electron chi connectivity index (χ2n) is 5.85. The van der Waals surface area contributed by atoms with Crippen molar-refractivity contribution in [2.45, 2.75) is 38.9 Å². The van der Waals surface area contributed by atoms with Crippen LogP contribution in [0.2, 0.25) is 19.6 Å². The van der Waals surface area contributed by atoms with Crippen LogP contribution in [-0.2, 0) is 11.3 Å². The van der Waals surface area contributed by atoms with Gasteiger partial charge in [0.15, 0.2) is 0 Å². The lowest BCUT2D eigenvalue weighted by Crippen LogP contribution is -2.37. The zero-order valence-electron chi connectivity index (χ0n) is 11.4. The molecule has 0 radical (unpaired) electrons. The molecule has 0 bridgehead atoms. The van der Waals surface area contributed by atoms with Crippen LogP contribution in [0.3, 0.4) is 0 Å². The van der Waals surface area contributed by atoms with Crippen LogP contribution in [0.25, 0.3) is 10.9 Å². The third-order valence-electron chi connectivity index (χ3n) is 3.35. The van der Waals surface area contributed by atoms with Crippen LogP contribution in [0.4, 0.5) is 0 Å². The maximum Gasteiger partial charge on any atom is 0.0865 e. The molecule has 1 aromatic heterocycles. The van der Waals surface area contributed by atoms with Crippen LogP contribution in [0.1, 0.15) is 12.6 Å². The van der Waals surface area contributed by atoms with Crippen LogP contribution in [0.5, 0.6) is 0 Å². The number of H-pyrrole nitrogens is 1. The largest absolute Gasteiger partial charge is 0.376 e. The van der Waals surface area contributed by atoms with Gasteiger partial charge in [0.25, 0.3) is 0 Å². The minimum atomic E-state index is -1.21. The molecule has 2 rings (SSSR count). The van der Waals surface area contributed by atoms with Crippen LogP contribution >= 0.6 is 15.9 Å². The molecule has 2 nitrogen and oxygen atoms in total. The summed E-state index contributed by atoms with van der Waals surface area (Å²) in [7, 11) is -1.21. The average Bonchev–Trinajstić information content (AvgIpc) is 2.66. The number of aromatic amines is 1. The van der Waals surface area contributed by atoms with Crippen molar-refractivity contribution in [1.29, 1.82) is 0 Å². The quantitative estimate of drug-likeness (QED) is 0.809. The van der Waals surface area contributed by atoms with Gasteiger partial charge >= 0.3 is 0 Å². The number of halogens is 1. The van der Waals surface area contributed by atoms with Gasteiger partial charge in [0.1, 0.15) is 0 Å². The van der Waals surface area contributed by atoms with Gasteiger partial charge in [-0.1, -0.05) is 41.6 Å². The minimum Gasteiger partial charge on any atom is -0.376 e. The lowest BCUT2D eigenvalue weighted by atomic mass is 10.2. The smallest absolute Gasteiger partial charge is 0.0865 e. The van der Waals surface area contributed by atoms with Crippen molar-refractivity contribution in [2.24, 2.45) is 0 Å². The molecule has 1 N–H and O–H groups in total. The summed E-state index contributed by atoms with van der Waals surface area (Å²) in [5, 5.41) is 1.23. The summed E-state index contributed by atoms with van der Waals surface area (Å²) in [6, 6.07) is 8.44. The summed E-state index contributed by atoms with van der Waals surface area (Å²) in [6.45, 7) is 9.85. The normalized spacial score (nSPS) is 14.1. The van der Waals surface area contributed by atoms with E-state index in [1.165, 1.54) is 5.39 Å². The number of ether oxygens (including phenoxy) is 1. The Bertz CT molecular complexity index is 544. The molecule has 1 atom stereocenters. The van der Waals surface area contributed by atoms with E-state index in [4.69, 9.17) is 4.74 Å². The fourth-order valence-corrected chi connectivity index (χ4v) is 2.65. The first-order valence-corrected chi connectivity index (χ1v) is 10.6. The highest BCUT2D eigenvalue weighted by molar-refractivity contribution is 9.10. The first kappa shape index (κ1) is 13.8. The summed E-state index contributed by atoms with van der Waals surface area (Å²) in [5.74, 6) is 0. The lowest BCUT2D eigenvalue weighted by molar-refractivity contribution is 0.0958. The van der Waals surface area contributed by atoms with E-state index in [1.807, 2.05) is 0 Å². The molecule has 4 heteroatoms. The second kappa shape index (κ2) is 5.19. The lowest BCUT2D eigenvalue weighted by Gasteiger charge is -2.24. The molecule has 0 amide bonds. The van der Waals surface area contributed by atoms with E-state index in [9.17, 15) is 0 Å². The Morgan fingerprint density at radius 2 is 2.00 bits per heavy atom. The van der Waals surface area contributed by atoms with E-state index in [1.54, 1.807) is 0 Å². The third kappa shape index (κ3) is 3.25. The first-order chi connectivity index (χ1) is 8.36. The fourth-order valence-electron chi connectivity index (χ4n) is 1.70. The molecule has 0 aliphatic heterocycles. The Labute approximate surface area is 118 Å². The topological polar surface area (TPSA) is 25.0 Å². The summed E-state index contributed by atoms with van der Waals surface area (Å²) >= 11 is 3.48. The number of rotatable bonds is 4. The van der Waals surface area contributed by atoms with Crippen molar-refractivity contribution in [3.8, 4) is 0 Å². The SMILES string of the molecule is CC(OCc1cc2ccc(Br)cc2[nH]1)[Si](C)(C)C. The van der Waals surface area contributed by atoms with Crippen LogP contribution < -0.4 is 0 Å². The number of aromatic nitrogens is 1. The highest BCUT2D eigenvalue weighted by atomic mass is 79.9. The summed E-state index contributed by atoms with van der Waals surface area (Å²) < 4.78 is 7.07. The molecule has 2 aromatic rings. The number of hydrogen-bond donors (Lipinski definition) is 1. The summed E-state index contributed by atoms with van der Waals surface area (Å²) in [6.07, 6.45) is 0. The molecular formula is C14H20BrNOSi. The monoisotopic (exact) mass is 325 g/mol. The molecule has 0 fully saturated rings. The van der Waals surface area contributed by atoms with Crippen LogP contribution in [0.15, 0.2) is 28.7 Å². The number of benzene rings is 1. The van der Waals surface area contributed by atoms with Crippen molar-refractivity contribution in [2.75, 3.05) is 0 Å². The Morgan fingerprint density at radius 3 is 2.67 bits per heavy atom. The average molecular weight is 326 g/mol. The van der Waals surface area contributed by atoms with E-state index in [0.29, 0.717) is 12.3 Å². The van der Waals surface area contributed by atoms with Gasteiger partial charge in [0.2, 0.25) is 0 Å². The molecule has 0 spiro atoms. The van der Waals surface area contributed by atoms with Gasteiger partial charge in [-0.3, -0.25) is 0 Å². The van der Waals surface area contributed by atoms with Crippen molar-refractivity contribution < 1.29 is 4.74 Å². The molecule has 0 saturated heterocycles. The number of nitrogens with one attached hydrogen (secondary N) is 1. The highest BCUT2D eigenvalue weighted by Gasteiger charge is 2.23. The van der Waals surface area contributed by atoms with Crippen LogP contribution in [-0.4, -0.2) is 18.8 Å². The standard InChI is InChI=1S/C14H20BrNOSi/c1-10(18(2,3)4)17-9-13-7-11-5-6-12(15)8-14(11)16-13/h5-8,10,16H,9H2,1-4H3. The van der Waals surface area contributed by atoms with Crippen molar-refractivity contribution in [3.05, 3.63) is 34.4 Å². The predicted molar refractivity (Wildman–Crippen MR) is 83.6 cm³/mol. The Kier molecular flexibility index (Phi) is 3.99. The van der Waals surface area contributed by atoms with Gasteiger partial charge in [0.05, 0.1) is 14.7 Å². The molecule has 0 aliphatic rings. The Balaban J connectivity index is 2.09. The van der Waals surface area contributed by atoms with Gasteiger partial charge in [-0.25, -0.2) is 0 Å². The van der Waals surface area contributed by atoms with E-state index >= 15 is 0 Å². The molecule has 1 unspecified atom stereocenters. The molecule has 18 heavy (non-hydrogen) atoms. The van der Waals surface area contributed by atoms with Gasteiger partial charge in [-0.05, 0) is 30.5 Å². The Hall–Kier alpha value is -0.583. The van der Waals surface area contributed by atoms with E-state index in [2.05, 4.69) is 71.7 Å². The molecule has 1 aromatic carbocycles.